The second kappa shape index (κ2) is 62.0. The van der Waals surface area contributed by atoms with Crippen molar-refractivity contribution in [2.24, 2.45) is 0 Å². The van der Waals surface area contributed by atoms with E-state index in [9.17, 15) is 28.8 Å². The fourth-order valence-corrected chi connectivity index (χ4v) is 11.5. The first-order chi connectivity index (χ1) is 42.1. The average Bonchev–Trinajstić information content (AvgIpc) is 3.34. The maximum Gasteiger partial charge on any atom is 0.307 e. The van der Waals surface area contributed by atoms with Crippen LogP contribution in [-0.2, 0) is 47.7 Å². The normalized spacial score (nSPS) is 14.2. The molecule has 1 saturated heterocycles. The van der Waals surface area contributed by atoms with E-state index in [0.717, 1.165) is 64.2 Å². The largest absolute Gasteiger partial charge is 0.466 e. The molecule has 0 saturated carbocycles. The van der Waals surface area contributed by atoms with E-state index in [1.54, 1.807) is 0 Å². The van der Waals surface area contributed by atoms with Crippen molar-refractivity contribution in [3.05, 3.63) is 0 Å². The molecule has 2 N–H and O–H groups in total. The van der Waals surface area contributed by atoms with Gasteiger partial charge in [-0.25, -0.2) is 0 Å². The summed E-state index contributed by atoms with van der Waals surface area (Å²) < 4.78 is 22.5. The summed E-state index contributed by atoms with van der Waals surface area (Å²) in [6.45, 7) is 13.9. The van der Waals surface area contributed by atoms with Gasteiger partial charge in [0.1, 0.15) is 12.1 Å². The van der Waals surface area contributed by atoms with Crippen LogP contribution < -0.4 is 10.6 Å². The van der Waals surface area contributed by atoms with Crippen molar-refractivity contribution in [3.63, 3.8) is 0 Å². The summed E-state index contributed by atoms with van der Waals surface area (Å²) >= 11 is 0. The lowest BCUT2D eigenvalue weighted by atomic mass is 10.0. The standard InChI is InChI=1S/C72H136N4O10/c1-5-9-13-17-21-25-29-33-37-45-61-83-67(77)51-57-75(58-52-68(78)84-62-46-38-34-30-26-22-18-14-10-6-2)55-43-41-49-65-71(81)74-66(72(82)73-65)50-42-44-56-76(59-53-69(79)85-63-47-39-35-31-27-23-19-15-11-7-3)60-54-70(80)86-64-48-40-36-32-28-24-20-16-12-8-4/h65-66H,5-64H2,1-4H3,(H,73,82)(H,74,81). The Morgan fingerprint density at radius 3 is 0.686 bits per heavy atom. The monoisotopic (exact) mass is 1220 g/mol. The molecule has 2 unspecified atom stereocenters. The van der Waals surface area contributed by atoms with Crippen molar-refractivity contribution in [2.75, 3.05) is 65.7 Å². The van der Waals surface area contributed by atoms with Gasteiger partial charge in [0.15, 0.2) is 0 Å². The molecule has 0 bridgehead atoms. The number of nitrogens with one attached hydrogen (secondary N) is 2. The van der Waals surface area contributed by atoms with Crippen molar-refractivity contribution in [2.45, 2.75) is 361 Å². The summed E-state index contributed by atoms with van der Waals surface area (Å²) in [4.78, 5) is 82.3. The van der Waals surface area contributed by atoms with E-state index in [1.807, 2.05) is 0 Å². The molecule has 504 valence electrons. The highest BCUT2D eigenvalue weighted by Gasteiger charge is 2.33. The number of hydrogen-bond acceptors (Lipinski definition) is 12. The van der Waals surface area contributed by atoms with Gasteiger partial charge in [-0.15, -0.1) is 0 Å². The van der Waals surface area contributed by atoms with Crippen molar-refractivity contribution >= 4 is 35.7 Å². The quantitative estimate of drug-likeness (QED) is 0.0336. The van der Waals surface area contributed by atoms with Crippen LogP contribution in [-0.4, -0.2) is 123 Å². The van der Waals surface area contributed by atoms with E-state index in [0.29, 0.717) is 91.4 Å². The Labute approximate surface area is 528 Å². The first-order valence-corrected chi connectivity index (χ1v) is 36.8. The molecule has 1 fully saturated rings. The topological polar surface area (TPSA) is 170 Å². The van der Waals surface area contributed by atoms with Crippen molar-refractivity contribution in [1.82, 2.24) is 20.4 Å². The summed E-state index contributed by atoms with van der Waals surface area (Å²) in [6, 6.07) is -1.25. The van der Waals surface area contributed by atoms with Crippen molar-refractivity contribution < 1.29 is 47.7 Å². The average molecular weight is 1220 g/mol. The van der Waals surface area contributed by atoms with E-state index in [4.69, 9.17) is 18.9 Å². The molecule has 0 aliphatic carbocycles. The fraction of sp³-hybridized carbons (Fsp3) is 0.917. The van der Waals surface area contributed by atoms with Crippen LogP contribution in [0, 0.1) is 0 Å². The number of amides is 2. The highest BCUT2D eigenvalue weighted by molar-refractivity contribution is 5.96. The van der Waals surface area contributed by atoms with E-state index in [-0.39, 0.29) is 61.4 Å². The molecule has 14 heteroatoms. The number of hydrogen-bond donors (Lipinski definition) is 2. The third-order valence-corrected chi connectivity index (χ3v) is 17.3. The van der Waals surface area contributed by atoms with Gasteiger partial charge in [0.2, 0.25) is 11.8 Å². The molecule has 1 rings (SSSR count). The number of rotatable bonds is 66. The zero-order valence-corrected chi connectivity index (χ0v) is 56.6. The third-order valence-electron chi connectivity index (χ3n) is 17.3. The first-order valence-electron chi connectivity index (χ1n) is 36.8. The molecule has 14 nitrogen and oxygen atoms in total. The minimum absolute atomic E-state index is 0.184. The van der Waals surface area contributed by atoms with Gasteiger partial charge in [-0.1, -0.05) is 259 Å². The number of carbonyl (C=O) groups is 6. The molecule has 0 aromatic rings. The summed E-state index contributed by atoms with van der Waals surface area (Å²) in [7, 11) is 0. The predicted octanol–water partition coefficient (Wildman–Crippen LogP) is 17.3. The van der Waals surface area contributed by atoms with E-state index >= 15 is 0 Å². The molecule has 2 amide bonds. The zero-order chi connectivity index (χ0) is 62.4. The Morgan fingerprint density at radius 2 is 0.477 bits per heavy atom. The van der Waals surface area contributed by atoms with Crippen molar-refractivity contribution in [1.29, 1.82) is 0 Å². The zero-order valence-electron chi connectivity index (χ0n) is 56.6. The lowest BCUT2D eigenvalue weighted by Gasteiger charge is -2.30. The molecule has 0 spiro atoms. The fourth-order valence-electron chi connectivity index (χ4n) is 11.5. The van der Waals surface area contributed by atoms with Gasteiger partial charge in [-0.05, 0) is 77.3 Å². The number of carbonyl (C=O) groups excluding carboxylic acids is 6. The lowest BCUT2D eigenvalue weighted by Crippen LogP contribution is -2.61. The Kier molecular flexibility index (Phi) is 58.2. The maximum absolute atomic E-state index is 13.4. The molecule has 0 aromatic heterocycles. The second-order valence-corrected chi connectivity index (χ2v) is 25.4. The smallest absolute Gasteiger partial charge is 0.307 e. The van der Waals surface area contributed by atoms with Gasteiger partial charge in [-0.3, -0.25) is 28.8 Å². The number of nitrogens with zero attached hydrogens (tertiary/aromatic N) is 2. The summed E-state index contributed by atoms with van der Waals surface area (Å²) in [5.41, 5.74) is 0. The van der Waals surface area contributed by atoms with Gasteiger partial charge in [0.25, 0.3) is 0 Å². The molecule has 0 aromatic carbocycles. The summed E-state index contributed by atoms with van der Waals surface area (Å²) in [5, 5.41) is 5.96. The van der Waals surface area contributed by atoms with Gasteiger partial charge in [0, 0.05) is 26.2 Å². The van der Waals surface area contributed by atoms with Gasteiger partial charge in [-0.2, -0.15) is 0 Å². The Bertz CT molecular complexity index is 1400. The number of unbranched alkanes of at least 4 members (excludes halogenated alkanes) is 38. The highest BCUT2D eigenvalue weighted by Crippen LogP contribution is 2.17. The molecule has 1 aliphatic rings. The highest BCUT2D eigenvalue weighted by atomic mass is 16.5. The molecule has 1 heterocycles. The van der Waals surface area contributed by atoms with Crippen LogP contribution in [0.4, 0.5) is 0 Å². The third kappa shape index (κ3) is 52.7. The first kappa shape index (κ1) is 80.8. The number of ether oxygens (including phenoxy) is 4. The van der Waals surface area contributed by atoms with Crippen LogP contribution >= 0.6 is 0 Å². The van der Waals surface area contributed by atoms with Gasteiger partial charge >= 0.3 is 23.9 Å². The van der Waals surface area contributed by atoms with Gasteiger partial charge < -0.3 is 39.4 Å². The maximum atomic E-state index is 13.4. The summed E-state index contributed by atoms with van der Waals surface area (Å²) in [5.74, 6) is -1.25. The van der Waals surface area contributed by atoms with Crippen molar-refractivity contribution in [3.8, 4) is 0 Å². The van der Waals surface area contributed by atoms with Crippen LogP contribution in [0.1, 0.15) is 349 Å². The molecular formula is C72H136N4O10. The van der Waals surface area contributed by atoms with Crippen LogP contribution in [0.15, 0.2) is 0 Å². The predicted molar refractivity (Wildman–Crippen MR) is 354 cm³/mol. The molecule has 0 radical (unpaired) electrons. The van der Waals surface area contributed by atoms with Crippen LogP contribution in [0.3, 0.4) is 0 Å². The van der Waals surface area contributed by atoms with E-state index < -0.39 is 12.1 Å². The van der Waals surface area contributed by atoms with E-state index in [1.165, 1.54) is 205 Å². The molecule has 2 atom stereocenters. The van der Waals surface area contributed by atoms with Crippen LogP contribution in [0.5, 0.6) is 0 Å². The Balaban J connectivity index is 2.62. The summed E-state index contributed by atoms with van der Waals surface area (Å²) in [6.07, 6.45) is 53.6. The molecule has 1 aliphatic heterocycles. The van der Waals surface area contributed by atoms with E-state index in [2.05, 4.69) is 48.1 Å². The lowest BCUT2D eigenvalue weighted by molar-refractivity contribution is -0.146. The minimum atomic E-state index is -0.626. The molecule has 86 heavy (non-hydrogen) atoms. The van der Waals surface area contributed by atoms with Gasteiger partial charge in [0.05, 0.1) is 52.1 Å². The Hall–Kier alpha value is -3.26. The minimum Gasteiger partial charge on any atom is -0.466 e. The second-order valence-electron chi connectivity index (χ2n) is 25.4. The van der Waals surface area contributed by atoms with Crippen LogP contribution in [0.25, 0.3) is 0 Å². The Morgan fingerprint density at radius 1 is 0.279 bits per heavy atom. The molecular weight excluding hydrogens is 1080 g/mol. The number of esters is 4. The SMILES string of the molecule is CCCCCCCCCCCCOC(=O)CCN(CCCCC1NC(=O)C(CCCCN(CCC(=O)OCCCCCCCCCCCC)CCC(=O)OCCCCCCCCCCCC)NC1=O)CCC(=O)OCCCCCCCCCCCC. The van der Waals surface area contributed by atoms with Crippen LogP contribution in [0.2, 0.25) is 0 Å². The number of piperazine rings is 1.